The maximum Gasteiger partial charge on any atom is 0.315 e. The standard InChI is InChI=1S/C15H25N3O3/c1-9(14-10(2)18-21-11(14)3)16-15(20)17-13-7-5-4-6-12(13)8-19/h9,12-13,19H,4-8H2,1-3H3,(H2,16,17,20). The molecule has 0 radical (unpaired) electrons. The van der Waals surface area contributed by atoms with Crippen molar-refractivity contribution in [3.8, 4) is 0 Å². The van der Waals surface area contributed by atoms with E-state index in [1.165, 1.54) is 0 Å². The lowest BCUT2D eigenvalue weighted by Gasteiger charge is -2.31. The fraction of sp³-hybridized carbons (Fsp3) is 0.733. The van der Waals surface area contributed by atoms with Gasteiger partial charge < -0.3 is 20.3 Å². The Morgan fingerprint density at radius 2 is 2.14 bits per heavy atom. The number of nitrogens with one attached hydrogen (secondary N) is 2. The van der Waals surface area contributed by atoms with E-state index >= 15 is 0 Å². The highest BCUT2D eigenvalue weighted by molar-refractivity contribution is 5.74. The number of amides is 2. The summed E-state index contributed by atoms with van der Waals surface area (Å²) in [6, 6.07) is -0.305. The molecule has 6 heteroatoms. The number of aliphatic hydroxyl groups excluding tert-OH is 1. The molecule has 3 N–H and O–H groups in total. The summed E-state index contributed by atoms with van der Waals surface area (Å²) >= 11 is 0. The number of rotatable bonds is 4. The molecule has 1 aliphatic carbocycles. The van der Waals surface area contributed by atoms with Gasteiger partial charge in [-0.1, -0.05) is 18.0 Å². The van der Waals surface area contributed by atoms with E-state index in [-0.39, 0.29) is 30.6 Å². The zero-order valence-electron chi connectivity index (χ0n) is 13.0. The first kappa shape index (κ1) is 15.8. The Balaban J connectivity index is 1.92. The van der Waals surface area contributed by atoms with Gasteiger partial charge in [0.05, 0.1) is 11.7 Å². The Hall–Kier alpha value is -1.56. The van der Waals surface area contributed by atoms with E-state index in [2.05, 4.69) is 15.8 Å². The van der Waals surface area contributed by atoms with Crippen molar-refractivity contribution < 1.29 is 14.4 Å². The molecule has 1 heterocycles. The molecular weight excluding hydrogens is 270 g/mol. The topological polar surface area (TPSA) is 87.4 Å². The quantitative estimate of drug-likeness (QED) is 0.794. The summed E-state index contributed by atoms with van der Waals surface area (Å²) in [7, 11) is 0. The van der Waals surface area contributed by atoms with Gasteiger partial charge in [0.15, 0.2) is 0 Å². The number of carbonyl (C=O) groups is 1. The fourth-order valence-electron chi connectivity index (χ4n) is 3.20. The molecule has 3 unspecified atom stereocenters. The SMILES string of the molecule is Cc1noc(C)c1C(C)NC(=O)NC1CCCCC1CO. The van der Waals surface area contributed by atoms with Crippen molar-refractivity contribution in [2.75, 3.05) is 6.61 Å². The Morgan fingerprint density at radius 3 is 2.76 bits per heavy atom. The lowest BCUT2D eigenvalue weighted by Crippen LogP contribution is -2.48. The Morgan fingerprint density at radius 1 is 1.43 bits per heavy atom. The summed E-state index contributed by atoms with van der Waals surface area (Å²) in [5.41, 5.74) is 1.72. The number of urea groups is 1. The minimum Gasteiger partial charge on any atom is -0.396 e. The first-order valence-corrected chi connectivity index (χ1v) is 7.63. The Labute approximate surface area is 125 Å². The molecule has 0 aliphatic heterocycles. The van der Waals surface area contributed by atoms with E-state index in [1.54, 1.807) is 0 Å². The van der Waals surface area contributed by atoms with Gasteiger partial charge >= 0.3 is 6.03 Å². The second-order valence-electron chi connectivity index (χ2n) is 5.91. The molecule has 0 saturated heterocycles. The van der Waals surface area contributed by atoms with Crippen molar-refractivity contribution in [3.63, 3.8) is 0 Å². The highest BCUT2D eigenvalue weighted by Crippen LogP contribution is 2.24. The van der Waals surface area contributed by atoms with Crippen LogP contribution in [0.1, 0.15) is 55.7 Å². The molecule has 3 atom stereocenters. The molecule has 1 fully saturated rings. The zero-order valence-corrected chi connectivity index (χ0v) is 13.0. The summed E-state index contributed by atoms with van der Waals surface area (Å²) < 4.78 is 5.13. The lowest BCUT2D eigenvalue weighted by atomic mass is 9.85. The molecule has 21 heavy (non-hydrogen) atoms. The second-order valence-corrected chi connectivity index (χ2v) is 5.91. The van der Waals surface area contributed by atoms with Crippen LogP contribution in [0.4, 0.5) is 4.79 Å². The molecule has 0 bridgehead atoms. The van der Waals surface area contributed by atoms with Crippen LogP contribution in [0, 0.1) is 19.8 Å². The molecule has 6 nitrogen and oxygen atoms in total. The molecule has 0 aromatic carbocycles. The van der Waals surface area contributed by atoms with E-state index in [0.29, 0.717) is 0 Å². The van der Waals surface area contributed by atoms with Gasteiger partial charge in [0.2, 0.25) is 0 Å². The van der Waals surface area contributed by atoms with E-state index in [1.807, 2.05) is 20.8 Å². The van der Waals surface area contributed by atoms with Crippen LogP contribution in [0.2, 0.25) is 0 Å². The van der Waals surface area contributed by atoms with Crippen LogP contribution in [0.3, 0.4) is 0 Å². The third kappa shape index (κ3) is 3.75. The minimum absolute atomic E-state index is 0.0561. The predicted octanol–water partition coefficient (Wildman–Crippen LogP) is 2.20. The normalized spacial score (nSPS) is 23.6. The number of aryl methyl sites for hydroxylation is 2. The van der Waals surface area contributed by atoms with Crippen LogP contribution in [0.25, 0.3) is 0 Å². The number of aromatic nitrogens is 1. The van der Waals surface area contributed by atoms with Gasteiger partial charge in [-0.15, -0.1) is 0 Å². The third-order valence-corrected chi connectivity index (χ3v) is 4.33. The molecule has 118 valence electrons. The van der Waals surface area contributed by atoms with Crippen molar-refractivity contribution in [1.82, 2.24) is 15.8 Å². The van der Waals surface area contributed by atoms with E-state index in [0.717, 1.165) is 42.7 Å². The van der Waals surface area contributed by atoms with Crippen LogP contribution in [-0.2, 0) is 0 Å². The molecule has 1 aliphatic rings. The summed E-state index contributed by atoms with van der Waals surface area (Å²) in [5.74, 6) is 0.894. The molecular formula is C15H25N3O3. The first-order chi connectivity index (χ1) is 10.0. The monoisotopic (exact) mass is 295 g/mol. The van der Waals surface area contributed by atoms with Crippen molar-refractivity contribution in [2.24, 2.45) is 5.92 Å². The highest BCUT2D eigenvalue weighted by Gasteiger charge is 2.26. The molecule has 0 spiro atoms. The predicted molar refractivity (Wildman–Crippen MR) is 78.9 cm³/mol. The van der Waals surface area contributed by atoms with Crippen LogP contribution in [-0.4, -0.2) is 28.9 Å². The lowest BCUT2D eigenvalue weighted by molar-refractivity contribution is 0.153. The average Bonchev–Trinajstić information content (AvgIpc) is 2.78. The van der Waals surface area contributed by atoms with Gasteiger partial charge in [-0.05, 0) is 33.6 Å². The number of aliphatic hydroxyl groups is 1. The Bertz CT molecular complexity index is 467. The summed E-state index contributed by atoms with van der Waals surface area (Å²) in [6.07, 6.45) is 4.13. The molecule has 2 rings (SSSR count). The minimum atomic E-state index is -0.201. The number of hydrogen-bond acceptors (Lipinski definition) is 4. The highest BCUT2D eigenvalue weighted by atomic mass is 16.5. The average molecular weight is 295 g/mol. The second kappa shape index (κ2) is 6.93. The summed E-state index contributed by atoms with van der Waals surface area (Å²) in [6.45, 7) is 5.75. The van der Waals surface area contributed by atoms with Crippen molar-refractivity contribution >= 4 is 6.03 Å². The number of nitrogens with zero attached hydrogens (tertiary/aromatic N) is 1. The van der Waals surface area contributed by atoms with E-state index < -0.39 is 0 Å². The van der Waals surface area contributed by atoms with E-state index in [4.69, 9.17) is 4.52 Å². The van der Waals surface area contributed by atoms with Crippen molar-refractivity contribution in [2.45, 2.75) is 58.5 Å². The van der Waals surface area contributed by atoms with Gasteiger partial charge in [-0.2, -0.15) is 0 Å². The van der Waals surface area contributed by atoms with Crippen molar-refractivity contribution in [1.29, 1.82) is 0 Å². The van der Waals surface area contributed by atoms with Crippen molar-refractivity contribution in [3.05, 3.63) is 17.0 Å². The van der Waals surface area contributed by atoms with Gasteiger partial charge in [0, 0.05) is 24.1 Å². The third-order valence-electron chi connectivity index (χ3n) is 4.33. The molecule has 1 aromatic rings. The first-order valence-electron chi connectivity index (χ1n) is 7.63. The molecule has 2 amide bonds. The van der Waals surface area contributed by atoms with Gasteiger partial charge in [0.1, 0.15) is 5.76 Å². The zero-order chi connectivity index (χ0) is 15.4. The van der Waals surface area contributed by atoms with Crippen LogP contribution in [0.15, 0.2) is 4.52 Å². The van der Waals surface area contributed by atoms with Crippen LogP contribution >= 0.6 is 0 Å². The van der Waals surface area contributed by atoms with Gasteiger partial charge in [-0.25, -0.2) is 4.79 Å². The Kier molecular flexibility index (Phi) is 5.22. The summed E-state index contributed by atoms with van der Waals surface area (Å²) in [5, 5.41) is 19.2. The van der Waals surface area contributed by atoms with E-state index in [9.17, 15) is 9.90 Å². The fourth-order valence-corrected chi connectivity index (χ4v) is 3.20. The van der Waals surface area contributed by atoms with Gasteiger partial charge in [-0.3, -0.25) is 0 Å². The maximum absolute atomic E-state index is 12.1. The number of hydrogen-bond donors (Lipinski definition) is 3. The summed E-state index contributed by atoms with van der Waals surface area (Å²) in [4.78, 5) is 12.1. The number of carbonyl (C=O) groups excluding carboxylic acids is 1. The maximum atomic E-state index is 12.1. The largest absolute Gasteiger partial charge is 0.396 e. The molecule has 1 saturated carbocycles. The van der Waals surface area contributed by atoms with Crippen LogP contribution in [0.5, 0.6) is 0 Å². The van der Waals surface area contributed by atoms with Crippen LogP contribution < -0.4 is 10.6 Å². The smallest absolute Gasteiger partial charge is 0.315 e. The van der Waals surface area contributed by atoms with Gasteiger partial charge in [0.25, 0.3) is 0 Å². The molecule has 1 aromatic heterocycles.